The Balaban J connectivity index is 1.75. The number of alkyl carbamates (subject to hydrolysis) is 2. The number of hydrogen-bond donors (Lipinski definition) is 3. The lowest BCUT2D eigenvalue weighted by atomic mass is 9.98. The normalized spacial score (nSPS) is 14.0. The van der Waals surface area contributed by atoms with Gasteiger partial charge in [0.1, 0.15) is 29.9 Å². The SMILES string of the molecule is CC(C)(C)OC(=O)NCCCC[C@@H](C(=O)OC(C)(C)C)N(OC(=O)[C@H](CCC(=O)O)NC(=O)OCC1c2ccccc2-c2ccccc21)C(C)(C)C. The number of nitrogens with one attached hydrogen (secondary N) is 2. The number of hydroxylamine groups is 2. The van der Waals surface area contributed by atoms with Crippen LogP contribution in [0.3, 0.4) is 0 Å². The molecule has 1 aliphatic rings. The molecule has 13 heteroatoms. The molecule has 13 nitrogen and oxygen atoms in total. The number of benzene rings is 2. The minimum atomic E-state index is -1.41. The molecule has 0 radical (unpaired) electrons. The second-order valence-corrected chi connectivity index (χ2v) is 15.8. The van der Waals surface area contributed by atoms with Crippen molar-refractivity contribution in [1.29, 1.82) is 0 Å². The third-order valence-electron chi connectivity index (χ3n) is 7.95. The Morgan fingerprint density at radius 3 is 1.83 bits per heavy atom. The molecule has 0 saturated carbocycles. The summed E-state index contributed by atoms with van der Waals surface area (Å²) in [5, 5.41) is 15.8. The molecule has 0 aromatic heterocycles. The van der Waals surface area contributed by atoms with E-state index in [2.05, 4.69) is 10.6 Å². The largest absolute Gasteiger partial charge is 0.481 e. The first-order chi connectivity index (χ1) is 24.2. The van der Waals surface area contributed by atoms with Crippen molar-refractivity contribution >= 4 is 30.1 Å². The second kappa shape index (κ2) is 17.7. The molecule has 2 atom stereocenters. The number of fused-ring (bicyclic) bond motifs is 3. The molecular formula is C39H55N3O10. The van der Waals surface area contributed by atoms with Gasteiger partial charge in [0.05, 0.1) is 0 Å². The monoisotopic (exact) mass is 725 g/mol. The zero-order valence-corrected chi connectivity index (χ0v) is 31.9. The first-order valence-electron chi connectivity index (χ1n) is 17.7. The van der Waals surface area contributed by atoms with Crippen molar-refractivity contribution in [1.82, 2.24) is 15.7 Å². The Bertz CT molecular complexity index is 1530. The van der Waals surface area contributed by atoms with E-state index in [4.69, 9.17) is 19.0 Å². The van der Waals surface area contributed by atoms with Crippen LogP contribution in [0.15, 0.2) is 48.5 Å². The molecule has 52 heavy (non-hydrogen) atoms. The van der Waals surface area contributed by atoms with Crippen LogP contribution in [0.5, 0.6) is 0 Å². The van der Waals surface area contributed by atoms with Crippen molar-refractivity contribution in [2.75, 3.05) is 13.2 Å². The second-order valence-electron chi connectivity index (χ2n) is 15.8. The molecule has 3 rings (SSSR count). The van der Waals surface area contributed by atoms with Gasteiger partial charge in [0.15, 0.2) is 0 Å². The van der Waals surface area contributed by atoms with Gasteiger partial charge in [-0.1, -0.05) is 48.5 Å². The molecule has 0 aliphatic heterocycles. The van der Waals surface area contributed by atoms with Crippen LogP contribution in [0.1, 0.15) is 111 Å². The van der Waals surface area contributed by atoms with Gasteiger partial charge in [0.2, 0.25) is 0 Å². The van der Waals surface area contributed by atoms with E-state index >= 15 is 0 Å². The summed E-state index contributed by atoms with van der Waals surface area (Å²) in [6.45, 7) is 16.0. The van der Waals surface area contributed by atoms with E-state index in [1.807, 2.05) is 48.5 Å². The number of rotatable bonds is 15. The molecule has 0 heterocycles. The van der Waals surface area contributed by atoms with Gasteiger partial charge < -0.3 is 34.8 Å². The first kappa shape index (κ1) is 41.8. The van der Waals surface area contributed by atoms with Gasteiger partial charge in [-0.3, -0.25) is 9.59 Å². The molecule has 286 valence electrons. The van der Waals surface area contributed by atoms with Crippen LogP contribution in [0.2, 0.25) is 0 Å². The van der Waals surface area contributed by atoms with Crippen molar-refractivity contribution in [3.8, 4) is 11.1 Å². The fraction of sp³-hybridized carbons (Fsp3) is 0.564. The number of carbonyl (C=O) groups is 5. The van der Waals surface area contributed by atoms with Gasteiger partial charge in [0, 0.05) is 24.4 Å². The number of carboxylic acid groups (broad SMARTS) is 1. The van der Waals surface area contributed by atoms with Crippen LogP contribution in [-0.2, 0) is 33.4 Å². The minimum absolute atomic E-state index is 0.0157. The molecule has 0 spiro atoms. The lowest BCUT2D eigenvalue weighted by Crippen LogP contribution is -2.56. The predicted molar refractivity (Wildman–Crippen MR) is 194 cm³/mol. The highest BCUT2D eigenvalue weighted by atomic mass is 16.7. The zero-order valence-electron chi connectivity index (χ0n) is 31.9. The summed E-state index contributed by atoms with van der Waals surface area (Å²) in [6, 6.07) is 13.2. The van der Waals surface area contributed by atoms with Crippen LogP contribution in [0, 0.1) is 0 Å². The average Bonchev–Trinajstić information content (AvgIpc) is 3.34. The maximum absolute atomic E-state index is 13.8. The third kappa shape index (κ3) is 12.8. The Hall–Kier alpha value is -4.65. The van der Waals surface area contributed by atoms with Gasteiger partial charge in [-0.2, -0.15) is 0 Å². The number of nitrogens with zero attached hydrogens (tertiary/aromatic N) is 1. The molecule has 1 aliphatic carbocycles. The topological polar surface area (TPSA) is 170 Å². The lowest BCUT2D eigenvalue weighted by Gasteiger charge is -2.39. The van der Waals surface area contributed by atoms with Gasteiger partial charge in [-0.25, -0.2) is 14.4 Å². The van der Waals surface area contributed by atoms with Crippen LogP contribution in [0.4, 0.5) is 9.59 Å². The van der Waals surface area contributed by atoms with Crippen LogP contribution in [-0.4, -0.2) is 82.2 Å². The lowest BCUT2D eigenvalue weighted by molar-refractivity contribution is -0.239. The number of carboxylic acids is 1. The van der Waals surface area contributed by atoms with Gasteiger partial charge >= 0.3 is 30.1 Å². The molecule has 3 N–H and O–H groups in total. The van der Waals surface area contributed by atoms with Crippen LogP contribution < -0.4 is 10.6 Å². The van der Waals surface area contributed by atoms with Crippen molar-refractivity contribution in [3.05, 3.63) is 59.7 Å². The maximum atomic E-state index is 13.8. The zero-order chi connectivity index (χ0) is 38.9. The summed E-state index contributed by atoms with van der Waals surface area (Å²) < 4.78 is 16.6. The molecule has 2 aromatic rings. The Morgan fingerprint density at radius 1 is 0.750 bits per heavy atom. The van der Waals surface area contributed by atoms with Crippen molar-refractivity contribution in [2.24, 2.45) is 0 Å². The standard InChI is InChI=1S/C39H55N3O10/c1-37(2,3)42(31(34(46)50-38(4,5)6)20-14-15-23-40-35(47)51-39(7,8)9)52-33(45)30(21-22-32(43)44)41-36(48)49-24-29-27-18-12-10-16-25(27)26-17-11-13-19-28(26)29/h10-13,16-19,29-31H,14-15,20-24H2,1-9H3,(H,40,47)(H,41,48)(H,43,44)/t30-,31-/m0/s1. The van der Waals surface area contributed by atoms with E-state index in [0.29, 0.717) is 12.8 Å². The van der Waals surface area contributed by atoms with Crippen LogP contribution in [0.25, 0.3) is 11.1 Å². The highest BCUT2D eigenvalue weighted by Gasteiger charge is 2.41. The number of ether oxygens (including phenoxy) is 3. The molecule has 0 bridgehead atoms. The van der Waals surface area contributed by atoms with Crippen LogP contribution >= 0.6 is 0 Å². The average molecular weight is 726 g/mol. The molecule has 2 aromatic carbocycles. The maximum Gasteiger partial charge on any atom is 0.407 e. The molecule has 0 fully saturated rings. The van der Waals surface area contributed by atoms with Crippen molar-refractivity contribution in [2.45, 2.75) is 129 Å². The summed E-state index contributed by atoms with van der Waals surface area (Å²) in [5.74, 6) is -3.01. The van der Waals surface area contributed by atoms with Gasteiger partial charge in [0.25, 0.3) is 0 Å². The summed E-state index contributed by atoms with van der Waals surface area (Å²) in [5.41, 5.74) is 1.68. The van der Waals surface area contributed by atoms with E-state index in [-0.39, 0.29) is 31.9 Å². The fourth-order valence-corrected chi connectivity index (χ4v) is 5.80. The Morgan fingerprint density at radius 2 is 1.31 bits per heavy atom. The fourth-order valence-electron chi connectivity index (χ4n) is 5.80. The quantitative estimate of drug-likeness (QED) is 0.0771. The van der Waals surface area contributed by atoms with E-state index in [1.165, 1.54) is 5.06 Å². The van der Waals surface area contributed by atoms with E-state index in [0.717, 1.165) is 22.3 Å². The Kier molecular flexibility index (Phi) is 14.2. The summed E-state index contributed by atoms with van der Waals surface area (Å²) in [7, 11) is 0. The van der Waals surface area contributed by atoms with E-state index < -0.39 is 65.3 Å². The first-order valence-corrected chi connectivity index (χ1v) is 17.7. The minimum Gasteiger partial charge on any atom is -0.481 e. The summed E-state index contributed by atoms with van der Waals surface area (Å²) in [4.78, 5) is 70.0. The number of hydrogen-bond acceptors (Lipinski definition) is 10. The molecule has 0 unspecified atom stereocenters. The van der Waals surface area contributed by atoms with E-state index in [9.17, 15) is 29.1 Å². The summed E-state index contributed by atoms with van der Waals surface area (Å²) >= 11 is 0. The summed E-state index contributed by atoms with van der Waals surface area (Å²) in [6.07, 6.45) is -1.10. The highest BCUT2D eigenvalue weighted by molar-refractivity contribution is 5.83. The molecular weight excluding hydrogens is 670 g/mol. The number of unbranched alkanes of at least 4 members (excludes halogenated alkanes) is 1. The third-order valence-corrected chi connectivity index (χ3v) is 7.95. The Labute approximate surface area is 306 Å². The number of amides is 2. The number of carbonyl (C=O) groups excluding carboxylic acids is 4. The number of esters is 1. The predicted octanol–water partition coefficient (Wildman–Crippen LogP) is 6.72. The molecule has 0 saturated heterocycles. The van der Waals surface area contributed by atoms with Crippen molar-refractivity contribution in [3.63, 3.8) is 0 Å². The van der Waals surface area contributed by atoms with E-state index in [1.54, 1.807) is 62.3 Å². The van der Waals surface area contributed by atoms with Gasteiger partial charge in [-0.15, -0.1) is 5.06 Å². The number of aliphatic carboxylic acids is 1. The highest BCUT2D eigenvalue weighted by Crippen LogP contribution is 2.44. The van der Waals surface area contributed by atoms with Crippen molar-refractivity contribution < 1.29 is 48.1 Å². The van der Waals surface area contributed by atoms with Gasteiger partial charge in [-0.05, 0) is 110 Å². The molecule has 2 amide bonds. The smallest absolute Gasteiger partial charge is 0.407 e.